The van der Waals surface area contributed by atoms with E-state index in [-0.39, 0.29) is 0 Å². The second kappa shape index (κ2) is 2.59. The molecule has 0 bridgehead atoms. The lowest BCUT2D eigenvalue weighted by atomic mass is 10.1. The summed E-state index contributed by atoms with van der Waals surface area (Å²) in [6.45, 7) is 1.95. The van der Waals surface area contributed by atoms with Crippen molar-refractivity contribution in [1.82, 2.24) is 10.2 Å². The highest BCUT2D eigenvalue weighted by Gasteiger charge is 2.29. The monoisotopic (exact) mass is 183 g/mol. The third kappa shape index (κ3) is 1.14. The van der Waals surface area contributed by atoms with Crippen LogP contribution in [0.15, 0.2) is 0 Å². The summed E-state index contributed by atoms with van der Waals surface area (Å²) in [5.74, 6) is 1.08. The molecule has 1 heterocycles. The summed E-state index contributed by atoms with van der Waals surface area (Å²) >= 11 is 5.91. The molecule has 4 heteroatoms. The van der Waals surface area contributed by atoms with E-state index in [2.05, 4.69) is 10.2 Å². The highest BCUT2D eigenvalue weighted by molar-refractivity contribution is 6.30. The predicted molar refractivity (Wildman–Crippen MR) is 48.2 cm³/mol. The van der Waals surface area contributed by atoms with Crippen LogP contribution in [0.1, 0.15) is 29.9 Å². The Bertz CT molecular complexity index is 320. The molecule has 1 aliphatic carbocycles. The lowest BCUT2D eigenvalue weighted by molar-refractivity contribution is 0.966. The van der Waals surface area contributed by atoms with Gasteiger partial charge < -0.3 is 5.73 Å². The maximum absolute atomic E-state index is 5.91. The van der Waals surface area contributed by atoms with Gasteiger partial charge in [-0.25, -0.2) is 0 Å². The highest BCUT2D eigenvalue weighted by atomic mass is 35.5. The molecule has 0 amide bonds. The van der Waals surface area contributed by atoms with Gasteiger partial charge in [-0.1, -0.05) is 11.6 Å². The fourth-order valence-corrected chi connectivity index (χ4v) is 1.70. The number of nitrogen functional groups attached to an aromatic ring is 1. The average molecular weight is 184 g/mol. The van der Waals surface area contributed by atoms with Gasteiger partial charge in [0.15, 0.2) is 5.15 Å². The molecule has 2 N–H and O–H groups in total. The topological polar surface area (TPSA) is 51.8 Å². The van der Waals surface area contributed by atoms with E-state index in [9.17, 15) is 0 Å². The lowest BCUT2D eigenvalue weighted by Gasteiger charge is -2.06. The summed E-state index contributed by atoms with van der Waals surface area (Å²) in [5, 5.41) is 8.05. The van der Waals surface area contributed by atoms with Crippen LogP contribution in [-0.2, 0) is 0 Å². The molecule has 1 aliphatic rings. The molecule has 0 radical (unpaired) electrons. The zero-order chi connectivity index (χ0) is 8.72. The smallest absolute Gasteiger partial charge is 0.155 e. The third-order valence-electron chi connectivity index (χ3n) is 2.24. The van der Waals surface area contributed by atoms with Gasteiger partial charge in [-0.05, 0) is 31.2 Å². The van der Waals surface area contributed by atoms with E-state index >= 15 is 0 Å². The van der Waals surface area contributed by atoms with Crippen molar-refractivity contribution < 1.29 is 0 Å². The minimum Gasteiger partial charge on any atom is -0.382 e. The summed E-state index contributed by atoms with van der Waals surface area (Å²) in [5.41, 5.74) is 7.72. The number of nitrogens with zero attached hydrogens (tertiary/aromatic N) is 2. The number of anilines is 1. The SMILES string of the molecule is Cc1c(N)nnc(Cl)c1C1CC1. The maximum Gasteiger partial charge on any atom is 0.155 e. The summed E-state index contributed by atoms with van der Waals surface area (Å²) in [6, 6.07) is 0. The van der Waals surface area contributed by atoms with Crippen molar-refractivity contribution in [2.45, 2.75) is 25.7 Å². The number of hydrogen-bond acceptors (Lipinski definition) is 3. The first kappa shape index (κ1) is 7.80. The normalized spacial score (nSPS) is 16.5. The van der Waals surface area contributed by atoms with Crippen molar-refractivity contribution in [1.29, 1.82) is 0 Å². The zero-order valence-electron chi connectivity index (χ0n) is 6.84. The Morgan fingerprint density at radius 1 is 1.42 bits per heavy atom. The molecule has 0 aromatic carbocycles. The number of hydrogen-bond donors (Lipinski definition) is 1. The Morgan fingerprint density at radius 3 is 2.67 bits per heavy atom. The lowest BCUT2D eigenvalue weighted by Crippen LogP contribution is -2.01. The first-order valence-electron chi connectivity index (χ1n) is 3.98. The van der Waals surface area contributed by atoms with Crippen molar-refractivity contribution in [2.24, 2.45) is 0 Å². The van der Waals surface area contributed by atoms with Crippen LogP contribution in [0.2, 0.25) is 5.15 Å². The minimum absolute atomic E-state index is 0.501. The molecule has 1 aromatic heterocycles. The Kier molecular flexibility index (Phi) is 1.68. The second-order valence-electron chi connectivity index (χ2n) is 3.19. The van der Waals surface area contributed by atoms with Crippen molar-refractivity contribution in [3.8, 4) is 0 Å². The predicted octanol–water partition coefficient (Wildman–Crippen LogP) is 1.90. The quantitative estimate of drug-likeness (QED) is 0.724. The van der Waals surface area contributed by atoms with Gasteiger partial charge in [0.1, 0.15) is 5.82 Å². The van der Waals surface area contributed by atoms with E-state index in [0.717, 1.165) is 11.1 Å². The van der Waals surface area contributed by atoms with Gasteiger partial charge in [0.05, 0.1) is 0 Å². The van der Waals surface area contributed by atoms with Crippen molar-refractivity contribution in [3.05, 3.63) is 16.3 Å². The van der Waals surface area contributed by atoms with E-state index in [1.54, 1.807) is 0 Å². The molecule has 0 saturated heterocycles. The second-order valence-corrected chi connectivity index (χ2v) is 3.55. The Morgan fingerprint density at radius 2 is 2.08 bits per heavy atom. The molecule has 0 spiro atoms. The summed E-state index contributed by atoms with van der Waals surface area (Å²) in [4.78, 5) is 0. The maximum atomic E-state index is 5.91. The molecule has 0 unspecified atom stereocenters. The number of nitrogens with two attached hydrogens (primary N) is 1. The standard InChI is InChI=1S/C8H10ClN3/c1-4-6(5-2-3-5)7(9)11-12-8(4)10/h5H,2-3H2,1H3,(H2,10,12). The minimum atomic E-state index is 0.501. The van der Waals surface area contributed by atoms with Gasteiger partial charge in [-0.3, -0.25) is 0 Å². The molecule has 0 atom stereocenters. The van der Waals surface area contributed by atoms with Gasteiger partial charge >= 0.3 is 0 Å². The molecule has 0 aliphatic heterocycles. The van der Waals surface area contributed by atoms with Crippen LogP contribution in [-0.4, -0.2) is 10.2 Å². The Balaban J connectivity index is 2.55. The summed E-state index contributed by atoms with van der Waals surface area (Å²) in [7, 11) is 0. The molecular weight excluding hydrogens is 174 g/mol. The number of aromatic nitrogens is 2. The van der Waals surface area contributed by atoms with Crippen molar-refractivity contribution >= 4 is 17.4 Å². The third-order valence-corrected chi connectivity index (χ3v) is 2.52. The molecule has 1 fully saturated rings. The van der Waals surface area contributed by atoms with Crippen molar-refractivity contribution in [2.75, 3.05) is 5.73 Å². The van der Waals surface area contributed by atoms with E-state index in [1.807, 2.05) is 6.92 Å². The zero-order valence-corrected chi connectivity index (χ0v) is 7.60. The van der Waals surface area contributed by atoms with Crippen LogP contribution in [0.25, 0.3) is 0 Å². The number of halogens is 1. The van der Waals surface area contributed by atoms with Gasteiger partial charge in [0.25, 0.3) is 0 Å². The largest absolute Gasteiger partial charge is 0.382 e. The van der Waals surface area contributed by atoms with Crippen LogP contribution in [0.4, 0.5) is 5.82 Å². The fourth-order valence-electron chi connectivity index (χ4n) is 1.37. The van der Waals surface area contributed by atoms with Crippen LogP contribution < -0.4 is 5.73 Å². The van der Waals surface area contributed by atoms with Crippen molar-refractivity contribution in [3.63, 3.8) is 0 Å². The highest BCUT2D eigenvalue weighted by Crippen LogP contribution is 2.44. The average Bonchev–Trinajstić information content (AvgIpc) is 2.81. The summed E-state index contributed by atoms with van der Waals surface area (Å²) in [6.07, 6.45) is 2.40. The van der Waals surface area contributed by atoms with Gasteiger partial charge in [-0.15, -0.1) is 10.2 Å². The van der Waals surface area contributed by atoms with Gasteiger partial charge in [-0.2, -0.15) is 0 Å². The van der Waals surface area contributed by atoms with E-state index in [0.29, 0.717) is 16.9 Å². The van der Waals surface area contributed by atoms with Crippen LogP contribution >= 0.6 is 11.6 Å². The summed E-state index contributed by atoms with van der Waals surface area (Å²) < 4.78 is 0. The first-order chi connectivity index (χ1) is 5.70. The molecule has 1 aromatic rings. The van der Waals surface area contributed by atoms with E-state index < -0.39 is 0 Å². The molecular formula is C8H10ClN3. The van der Waals surface area contributed by atoms with Crippen LogP contribution in [0.5, 0.6) is 0 Å². The van der Waals surface area contributed by atoms with E-state index in [1.165, 1.54) is 12.8 Å². The molecule has 3 nitrogen and oxygen atoms in total. The molecule has 12 heavy (non-hydrogen) atoms. The van der Waals surface area contributed by atoms with Gasteiger partial charge in [0, 0.05) is 5.56 Å². The molecule has 1 saturated carbocycles. The van der Waals surface area contributed by atoms with Gasteiger partial charge in [0.2, 0.25) is 0 Å². The van der Waals surface area contributed by atoms with Crippen LogP contribution in [0.3, 0.4) is 0 Å². The molecule has 2 rings (SSSR count). The van der Waals surface area contributed by atoms with Crippen LogP contribution in [0, 0.1) is 6.92 Å². The fraction of sp³-hybridized carbons (Fsp3) is 0.500. The Hall–Kier alpha value is -0.830. The van der Waals surface area contributed by atoms with E-state index in [4.69, 9.17) is 17.3 Å². The Labute approximate surface area is 75.9 Å². The first-order valence-corrected chi connectivity index (χ1v) is 4.36. The number of rotatable bonds is 1. The molecule has 64 valence electrons.